The summed E-state index contributed by atoms with van der Waals surface area (Å²) in [7, 11) is 4.02. The molecule has 2 rings (SSSR count). The third-order valence-electron chi connectivity index (χ3n) is 3.66. The number of rotatable bonds is 3. The van der Waals surface area contributed by atoms with E-state index in [0.29, 0.717) is 6.04 Å². The fourth-order valence-corrected chi connectivity index (χ4v) is 2.48. The van der Waals surface area contributed by atoms with E-state index < -0.39 is 0 Å². The average molecular weight is 261 g/mol. The third-order valence-corrected chi connectivity index (χ3v) is 3.66. The maximum atomic E-state index is 11.9. The van der Waals surface area contributed by atoms with Gasteiger partial charge in [0.25, 0.3) is 0 Å². The first-order chi connectivity index (χ1) is 9.06. The van der Waals surface area contributed by atoms with Gasteiger partial charge in [0, 0.05) is 31.5 Å². The Kier molecular flexibility index (Phi) is 4.30. The van der Waals surface area contributed by atoms with Gasteiger partial charge < -0.3 is 15.5 Å². The van der Waals surface area contributed by atoms with Crippen LogP contribution in [0.15, 0.2) is 18.2 Å². The molecule has 1 aromatic carbocycles. The third kappa shape index (κ3) is 3.63. The highest BCUT2D eigenvalue weighted by molar-refractivity contribution is 5.90. The largest absolute Gasteiger partial charge is 0.378 e. The highest BCUT2D eigenvalue weighted by Gasteiger charge is 2.17. The van der Waals surface area contributed by atoms with Gasteiger partial charge in [-0.15, -0.1) is 0 Å². The first kappa shape index (κ1) is 13.7. The van der Waals surface area contributed by atoms with Crippen molar-refractivity contribution < 1.29 is 4.79 Å². The molecule has 0 bridgehead atoms. The zero-order valence-electron chi connectivity index (χ0n) is 12.0. The second kappa shape index (κ2) is 5.95. The van der Waals surface area contributed by atoms with Gasteiger partial charge in [0.05, 0.1) is 0 Å². The first-order valence-electron chi connectivity index (χ1n) is 6.92. The van der Waals surface area contributed by atoms with E-state index >= 15 is 0 Å². The lowest BCUT2D eigenvalue weighted by molar-refractivity contribution is 0.248. The summed E-state index contributed by atoms with van der Waals surface area (Å²) in [6, 6.07) is 6.30. The predicted octanol–water partition coefficient (Wildman–Crippen LogP) is 3.13. The van der Waals surface area contributed by atoms with Gasteiger partial charge in [-0.1, -0.05) is 12.8 Å². The molecular formula is C15H23N3O. The molecule has 0 saturated heterocycles. The number of amides is 2. The molecule has 1 saturated carbocycles. The molecule has 0 atom stereocenters. The molecule has 1 aliphatic carbocycles. The zero-order valence-corrected chi connectivity index (χ0v) is 12.0. The molecule has 2 amide bonds. The van der Waals surface area contributed by atoms with Crippen LogP contribution in [0.3, 0.4) is 0 Å². The van der Waals surface area contributed by atoms with Gasteiger partial charge in [0.1, 0.15) is 0 Å². The Morgan fingerprint density at radius 1 is 1.26 bits per heavy atom. The number of carbonyl (C=O) groups is 1. The number of hydrogen-bond donors (Lipinski definition) is 2. The van der Waals surface area contributed by atoms with Crippen molar-refractivity contribution >= 4 is 17.4 Å². The Labute approximate surface area is 115 Å². The standard InChI is InChI=1S/C15H23N3O/c1-11-10-13(18(2)3)8-9-14(11)17-15(19)16-12-6-4-5-7-12/h8-10,12H,4-7H2,1-3H3,(H2,16,17,19). The summed E-state index contributed by atoms with van der Waals surface area (Å²) in [6.07, 6.45) is 4.65. The SMILES string of the molecule is Cc1cc(N(C)C)ccc1NC(=O)NC1CCCC1. The van der Waals surface area contributed by atoms with Gasteiger partial charge in [-0.2, -0.15) is 0 Å². The maximum absolute atomic E-state index is 11.9. The molecule has 4 nitrogen and oxygen atoms in total. The Hall–Kier alpha value is -1.71. The van der Waals surface area contributed by atoms with Crippen LogP contribution in [0.25, 0.3) is 0 Å². The number of hydrogen-bond acceptors (Lipinski definition) is 2. The van der Waals surface area contributed by atoms with Gasteiger partial charge in [-0.05, 0) is 43.5 Å². The van der Waals surface area contributed by atoms with Crippen molar-refractivity contribution in [3.8, 4) is 0 Å². The van der Waals surface area contributed by atoms with Crippen molar-refractivity contribution in [1.82, 2.24) is 5.32 Å². The van der Waals surface area contributed by atoms with E-state index in [4.69, 9.17) is 0 Å². The molecular weight excluding hydrogens is 238 g/mol. The lowest BCUT2D eigenvalue weighted by atomic mass is 10.1. The Morgan fingerprint density at radius 3 is 2.53 bits per heavy atom. The highest BCUT2D eigenvalue weighted by Crippen LogP contribution is 2.22. The molecule has 0 radical (unpaired) electrons. The molecule has 1 aromatic rings. The molecule has 0 unspecified atom stereocenters. The van der Waals surface area contributed by atoms with Crippen molar-refractivity contribution in [2.45, 2.75) is 38.6 Å². The molecule has 104 valence electrons. The van der Waals surface area contributed by atoms with Crippen molar-refractivity contribution in [2.75, 3.05) is 24.3 Å². The second-order valence-corrected chi connectivity index (χ2v) is 5.47. The number of carbonyl (C=O) groups excluding carboxylic acids is 1. The number of nitrogens with one attached hydrogen (secondary N) is 2. The fraction of sp³-hybridized carbons (Fsp3) is 0.533. The molecule has 0 heterocycles. The smallest absolute Gasteiger partial charge is 0.319 e. The minimum Gasteiger partial charge on any atom is -0.378 e. The molecule has 0 aliphatic heterocycles. The maximum Gasteiger partial charge on any atom is 0.319 e. The summed E-state index contributed by atoms with van der Waals surface area (Å²) in [5, 5.41) is 5.97. The number of benzene rings is 1. The topological polar surface area (TPSA) is 44.4 Å². The van der Waals surface area contributed by atoms with Crippen LogP contribution in [0, 0.1) is 6.92 Å². The summed E-state index contributed by atoms with van der Waals surface area (Å²) < 4.78 is 0. The van der Waals surface area contributed by atoms with Gasteiger partial charge in [-0.25, -0.2) is 4.79 Å². The van der Waals surface area contributed by atoms with Gasteiger partial charge >= 0.3 is 6.03 Å². The van der Waals surface area contributed by atoms with Crippen molar-refractivity contribution in [3.05, 3.63) is 23.8 Å². The lowest BCUT2D eigenvalue weighted by Crippen LogP contribution is -2.36. The molecule has 1 aliphatic rings. The Bertz CT molecular complexity index is 451. The van der Waals surface area contributed by atoms with Gasteiger partial charge in [0.15, 0.2) is 0 Å². The lowest BCUT2D eigenvalue weighted by Gasteiger charge is -2.17. The molecule has 0 aromatic heterocycles. The van der Waals surface area contributed by atoms with E-state index in [1.54, 1.807) is 0 Å². The molecule has 0 spiro atoms. The van der Waals surface area contributed by atoms with E-state index in [0.717, 1.165) is 29.8 Å². The summed E-state index contributed by atoms with van der Waals surface area (Å²) in [4.78, 5) is 14.0. The van der Waals surface area contributed by atoms with E-state index in [1.807, 2.05) is 33.2 Å². The van der Waals surface area contributed by atoms with Gasteiger partial charge in [-0.3, -0.25) is 0 Å². The Morgan fingerprint density at radius 2 is 1.95 bits per heavy atom. The number of aryl methyl sites for hydroxylation is 1. The van der Waals surface area contributed by atoms with Crippen molar-refractivity contribution in [1.29, 1.82) is 0 Å². The minimum absolute atomic E-state index is 0.0902. The average Bonchev–Trinajstić information content (AvgIpc) is 2.84. The van der Waals surface area contributed by atoms with Crippen LogP contribution in [-0.2, 0) is 0 Å². The van der Waals surface area contributed by atoms with Crippen LogP contribution in [0.2, 0.25) is 0 Å². The predicted molar refractivity (Wildman–Crippen MR) is 79.9 cm³/mol. The summed E-state index contributed by atoms with van der Waals surface area (Å²) in [5.74, 6) is 0. The molecule has 1 fully saturated rings. The van der Waals surface area contributed by atoms with Crippen LogP contribution in [0.4, 0.5) is 16.2 Å². The van der Waals surface area contributed by atoms with E-state index in [-0.39, 0.29) is 6.03 Å². The highest BCUT2D eigenvalue weighted by atomic mass is 16.2. The van der Waals surface area contributed by atoms with Crippen LogP contribution in [0.5, 0.6) is 0 Å². The van der Waals surface area contributed by atoms with Crippen molar-refractivity contribution in [2.24, 2.45) is 0 Å². The van der Waals surface area contributed by atoms with Crippen LogP contribution in [0.1, 0.15) is 31.2 Å². The monoisotopic (exact) mass is 261 g/mol. The summed E-state index contributed by atoms with van der Waals surface area (Å²) in [6.45, 7) is 2.01. The van der Waals surface area contributed by atoms with Crippen LogP contribution < -0.4 is 15.5 Å². The zero-order chi connectivity index (χ0) is 13.8. The number of anilines is 2. The van der Waals surface area contributed by atoms with Crippen LogP contribution in [-0.4, -0.2) is 26.2 Å². The quantitative estimate of drug-likeness (QED) is 0.878. The van der Waals surface area contributed by atoms with Crippen molar-refractivity contribution in [3.63, 3.8) is 0 Å². The molecule has 19 heavy (non-hydrogen) atoms. The van der Waals surface area contributed by atoms with E-state index in [9.17, 15) is 4.79 Å². The van der Waals surface area contributed by atoms with E-state index in [1.165, 1.54) is 12.8 Å². The fourth-order valence-electron chi connectivity index (χ4n) is 2.48. The minimum atomic E-state index is -0.0902. The van der Waals surface area contributed by atoms with Gasteiger partial charge in [0.2, 0.25) is 0 Å². The van der Waals surface area contributed by atoms with Crippen LogP contribution >= 0.6 is 0 Å². The normalized spacial score (nSPS) is 15.3. The summed E-state index contributed by atoms with van der Waals surface area (Å²) >= 11 is 0. The molecule has 4 heteroatoms. The second-order valence-electron chi connectivity index (χ2n) is 5.47. The number of nitrogens with zero attached hydrogens (tertiary/aromatic N) is 1. The first-order valence-corrected chi connectivity index (χ1v) is 6.92. The summed E-state index contributed by atoms with van der Waals surface area (Å²) in [5.41, 5.74) is 3.09. The molecule has 2 N–H and O–H groups in total. The Balaban J connectivity index is 1.96. The number of urea groups is 1. The van der Waals surface area contributed by atoms with E-state index in [2.05, 4.69) is 21.6 Å².